The SMILES string of the molecule is CCN(CC1CCNCC1)C1CC2CCC(C1)N2C. The number of piperidine rings is 2. The molecule has 0 spiro atoms. The van der Waals surface area contributed by atoms with Crippen LogP contribution < -0.4 is 5.32 Å². The van der Waals surface area contributed by atoms with Gasteiger partial charge in [-0.2, -0.15) is 0 Å². The van der Waals surface area contributed by atoms with E-state index in [9.17, 15) is 0 Å². The molecule has 3 rings (SSSR count). The molecule has 110 valence electrons. The molecule has 0 radical (unpaired) electrons. The second-order valence-electron chi connectivity index (χ2n) is 6.96. The van der Waals surface area contributed by atoms with Crippen LogP contribution in [0.1, 0.15) is 45.4 Å². The summed E-state index contributed by atoms with van der Waals surface area (Å²) in [4.78, 5) is 5.48. The normalized spacial score (nSPS) is 37.1. The van der Waals surface area contributed by atoms with E-state index in [0.29, 0.717) is 0 Å². The van der Waals surface area contributed by atoms with Crippen molar-refractivity contribution in [3.05, 3.63) is 0 Å². The summed E-state index contributed by atoms with van der Waals surface area (Å²) in [5, 5.41) is 3.49. The minimum Gasteiger partial charge on any atom is -0.317 e. The minimum atomic E-state index is 0.869. The lowest BCUT2D eigenvalue weighted by Gasteiger charge is -2.43. The molecule has 0 aromatic heterocycles. The van der Waals surface area contributed by atoms with Crippen LogP contribution in [0.5, 0.6) is 0 Å². The Balaban J connectivity index is 1.56. The largest absolute Gasteiger partial charge is 0.317 e. The lowest BCUT2D eigenvalue weighted by molar-refractivity contribution is 0.0650. The Morgan fingerprint density at radius 1 is 1.05 bits per heavy atom. The molecule has 3 aliphatic heterocycles. The predicted molar refractivity (Wildman–Crippen MR) is 80.4 cm³/mol. The summed E-state index contributed by atoms with van der Waals surface area (Å²) < 4.78 is 0. The number of hydrogen-bond donors (Lipinski definition) is 1. The average Bonchev–Trinajstić information content (AvgIpc) is 2.68. The van der Waals surface area contributed by atoms with E-state index >= 15 is 0 Å². The molecule has 0 aliphatic carbocycles. The van der Waals surface area contributed by atoms with Gasteiger partial charge in [-0.3, -0.25) is 0 Å². The predicted octanol–water partition coefficient (Wildman–Crippen LogP) is 1.93. The summed E-state index contributed by atoms with van der Waals surface area (Å²) in [6.45, 7) is 7.44. The third kappa shape index (κ3) is 2.98. The summed E-state index contributed by atoms with van der Waals surface area (Å²) in [5.41, 5.74) is 0. The minimum absolute atomic E-state index is 0.869. The Bertz CT molecular complexity index is 274. The Labute approximate surface area is 118 Å². The fourth-order valence-electron chi connectivity index (χ4n) is 4.61. The van der Waals surface area contributed by atoms with Crippen molar-refractivity contribution in [3.8, 4) is 0 Å². The number of nitrogens with one attached hydrogen (secondary N) is 1. The third-order valence-corrected chi connectivity index (χ3v) is 5.95. The monoisotopic (exact) mass is 265 g/mol. The lowest BCUT2D eigenvalue weighted by Crippen LogP contribution is -2.50. The molecule has 3 saturated heterocycles. The van der Waals surface area contributed by atoms with Gasteiger partial charge in [0.2, 0.25) is 0 Å². The van der Waals surface area contributed by atoms with Gasteiger partial charge in [0.1, 0.15) is 0 Å². The lowest BCUT2D eigenvalue weighted by atomic mass is 9.93. The van der Waals surface area contributed by atoms with Crippen molar-refractivity contribution < 1.29 is 0 Å². The molecule has 3 aliphatic rings. The first kappa shape index (κ1) is 13.8. The molecule has 0 aromatic rings. The van der Waals surface area contributed by atoms with Crippen LogP contribution in [0.2, 0.25) is 0 Å². The van der Waals surface area contributed by atoms with E-state index < -0.39 is 0 Å². The summed E-state index contributed by atoms with van der Waals surface area (Å²) in [7, 11) is 2.35. The molecule has 2 atom stereocenters. The maximum atomic E-state index is 3.49. The van der Waals surface area contributed by atoms with Gasteiger partial charge in [-0.25, -0.2) is 0 Å². The van der Waals surface area contributed by atoms with Crippen LogP contribution in [0.4, 0.5) is 0 Å². The van der Waals surface area contributed by atoms with E-state index in [1.807, 2.05) is 0 Å². The van der Waals surface area contributed by atoms with Gasteiger partial charge in [0.05, 0.1) is 0 Å². The zero-order valence-corrected chi connectivity index (χ0v) is 12.8. The Morgan fingerprint density at radius 3 is 2.26 bits per heavy atom. The number of hydrogen-bond acceptors (Lipinski definition) is 3. The average molecular weight is 265 g/mol. The zero-order chi connectivity index (χ0) is 13.2. The van der Waals surface area contributed by atoms with Crippen LogP contribution in [0, 0.1) is 5.92 Å². The van der Waals surface area contributed by atoms with Gasteiger partial charge in [-0.15, -0.1) is 0 Å². The van der Waals surface area contributed by atoms with Crippen molar-refractivity contribution in [1.29, 1.82) is 0 Å². The molecule has 3 heterocycles. The van der Waals surface area contributed by atoms with Gasteiger partial charge in [0.15, 0.2) is 0 Å². The van der Waals surface area contributed by atoms with Crippen molar-refractivity contribution >= 4 is 0 Å². The molecular weight excluding hydrogens is 234 g/mol. The van der Waals surface area contributed by atoms with Gasteiger partial charge in [0.25, 0.3) is 0 Å². The molecule has 19 heavy (non-hydrogen) atoms. The van der Waals surface area contributed by atoms with E-state index in [1.165, 1.54) is 64.7 Å². The Morgan fingerprint density at radius 2 is 1.68 bits per heavy atom. The van der Waals surface area contributed by atoms with Crippen LogP contribution in [0.15, 0.2) is 0 Å². The van der Waals surface area contributed by atoms with E-state index in [1.54, 1.807) is 0 Å². The van der Waals surface area contributed by atoms with Gasteiger partial charge >= 0.3 is 0 Å². The third-order valence-electron chi connectivity index (χ3n) is 5.95. The summed E-state index contributed by atoms with van der Waals surface area (Å²) in [6.07, 6.45) is 8.51. The molecule has 2 unspecified atom stereocenters. The van der Waals surface area contributed by atoms with E-state index in [2.05, 4.69) is 29.1 Å². The molecule has 3 fully saturated rings. The number of fused-ring (bicyclic) bond motifs is 2. The van der Waals surface area contributed by atoms with Gasteiger partial charge in [-0.1, -0.05) is 6.92 Å². The topological polar surface area (TPSA) is 18.5 Å². The van der Waals surface area contributed by atoms with Gasteiger partial charge in [0, 0.05) is 24.7 Å². The molecule has 0 amide bonds. The van der Waals surface area contributed by atoms with E-state index in [-0.39, 0.29) is 0 Å². The molecule has 0 aromatic carbocycles. The maximum absolute atomic E-state index is 3.49. The smallest absolute Gasteiger partial charge is 0.0125 e. The molecule has 0 saturated carbocycles. The number of rotatable bonds is 4. The highest BCUT2D eigenvalue weighted by Crippen LogP contribution is 2.36. The second kappa shape index (κ2) is 6.11. The molecule has 1 N–H and O–H groups in total. The Kier molecular flexibility index (Phi) is 4.45. The zero-order valence-electron chi connectivity index (χ0n) is 12.8. The number of nitrogens with zero attached hydrogens (tertiary/aromatic N) is 2. The van der Waals surface area contributed by atoms with Crippen LogP contribution in [-0.4, -0.2) is 61.2 Å². The molecule has 3 nitrogen and oxygen atoms in total. The van der Waals surface area contributed by atoms with Crippen molar-refractivity contribution in [3.63, 3.8) is 0 Å². The van der Waals surface area contributed by atoms with Gasteiger partial charge < -0.3 is 15.1 Å². The fraction of sp³-hybridized carbons (Fsp3) is 1.00. The summed E-state index contributed by atoms with van der Waals surface area (Å²) in [5.74, 6) is 0.943. The van der Waals surface area contributed by atoms with Crippen LogP contribution >= 0.6 is 0 Å². The first-order valence-electron chi connectivity index (χ1n) is 8.44. The Hall–Kier alpha value is -0.120. The fourth-order valence-corrected chi connectivity index (χ4v) is 4.61. The molecule has 3 heteroatoms. The molecular formula is C16H31N3. The van der Waals surface area contributed by atoms with Crippen LogP contribution in [-0.2, 0) is 0 Å². The quantitative estimate of drug-likeness (QED) is 0.838. The first-order chi connectivity index (χ1) is 9.28. The first-order valence-corrected chi connectivity index (χ1v) is 8.44. The highest BCUT2D eigenvalue weighted by Gasteiger charge is 2.40. The van der Waals surface area contributed by atoms with Crippen molar-refractivity contribution in [2.24, 2.45) is 5.92 Å². The second-order valence-corrected chi connectivity index (χ2v) is 6.96. The van der Waals surface area contributed by atoms with Crippen molar-refractivity contribution in [2.75, 3.05) is 33.2 Å². The van der Waals surface area contributed by atoms with E-state index in [0.717, 1.165) is 24.0 Å². The van der Waals surface area contributed by atoms with Crippen LogP contribution in [0.3, 0.4) is 0 Å². The maximum Gasteiger partial charge on any atom is 0.0125 e. The highest BCUT2D eigenvalue weighted by molar-refractivity contribution is 4.97. The van der Waals surface area contributed by atoms with Gasteiger partial charge in [-0.05, 0) is 71.1 Å². The van der Waals surface area contributed by atoms with E-state index in [4.69, 9.17) is 0 Å². The van der Waals surface area contributed by atoms with Crippen LogP contribution in [0.25, 0.3) is 0 Å². The summed E-state index contributed by atoms with van der Waals surface area (Å²) in [6, 6.07) is 2.63. The molecule has 2 bridgehead atoms. The van der Waals surface area contributed by atoms with Crippen molar-refractivity contribution in [1.82, 2.24) is 15.1 Å². The summed E-state index contributed by atoms with van der Waals surface area (Å²) >= 11 is 0. The highest BCUT2D eigenvalue weighted by atomic mass is 15.2. The van der Waals surface area contributed by atoms with Crippen molar-refractivity contribution in [2.45, 2.75) is 63.6 Å². The standard InChI is InChI=1S/C16H31N3/c1-3-19(12-13-6-8-17-9-7-13)16-10-14-4-5-15(11-16)18(14)2/h13-17H,3-12H2,1-2H3.